The van der Waals surface area contributed by atoms with Gasteiger partial charge >= 0.3 is 0 Å². The second kappa shape index (κ2) is 5.08. The Morgan fingerprint density at radius 1 is 1.23 bits per heavy atom. The Morgan fingerprint density at radius 2 is 2.09 bits per heavy atom. The maximum atomic E-state index is 10.4. The Hall–Kier alpha value is -1.90. The van der Waals surface area contributed by atoms with Gasteiger partial charge in [0.1, 0.15) is 5.75 Å². The molecule has 4 N–H and O–H groups in total. The molecule has 0 spiro atoms. The van der Waals surface area contributed by atoms with E-state index >= 15 is 0 Å². The number of aromatic hydroxyl groups is 1. The first kappa shape index (κ1) is 13.7. The van der Waals surface area contributed by atoms with E-state index in [2.05, 4.69) is 29.6 Å². The molecule has 1 heterocycles. The van der Waals surface area contributed by atoms with Crippen LogP contribution in [0.4, 0.5) is 11.4 Å². The number of fused-ring (bicyclic) bond motifs is 3. The van der Waals surface area contributed by atoms with E-state index in [4.69, 9.17) is 5.73 Å². The summed E-state index contributed by atoms with van der Waals surface area (Å²) in [4.78, 5) is 0. The molecule has 0 amide bonds. The molecule has 1 aliphatic heterocycles. The summed E-state index contributed by atoms with van der Waals surface area (Å²) in [7, 11) is 0. The number of hydrogen-bond donors (Lipinski definition) is 3. The van der Waals surface area contributed by atoms with E-state index in [1.165, 1.54) is 12.8 Å². The van der Waals surface area contributed by atoms with Crippen LogP contribution in [0, 0.1) is 18.8 Å². The van der Waals surface area contributed by atoms with Crippen molar-refractivity contribution in [1.29, 1.82) is 0 Å². The molecule has 1 aromatic rings. The fourth-order valence-electron chi connectivity index (χ4n) is 4.57. The Bertz CT molecular complexity index is 662. The number of nitrogens with one attached hydrogen (secondary N) is 1. The van der Waals surface area contributed by atoms with Crippen LogP contribution in [0.2, 0.25) is 0 Å². The van der Waals surface area contributed by atoms with Crippen LogP contribution in [0.5, 0.6) is 5.75 Å². The molecule has 2 aliphatic carbocycles. The second-order valence-corrected chi connectivity index (χ2v) is 6.98. The van der Waals surface area contributed by atoms with E-state index in [1.54, 1.807) is 6.07 Å². The van der Waals surface area contributed by atoms with Crippen molar-refractivity contribution < 1.29 is 5.11 Å². The van der Waals surface area contributed by atoms with Gasteiger partial charge in [0.2, 0.25) is 0 Å². The number of rotatable bonds is 1. The summed E-state index contributed by atoms with van der Waals surface area (Å²) in [6.07, 6.45) is 13.8. The average Bonchev–Trinajstić information content (AvgIpc) is 3.01. The standard InChI is InChI=1S/C19H24N2O/c1-11-10-15(22)19-16(17(11)20)13-8-5-9-14(13)18(21-19)12-6-3-2-4-7-12/h2-3,5,8,10,12-14,18,21-22H,4,6-7,9,20H2,1H3. The van der Waals surface area contributed by atoms with Gasteiger partial charge in [0.15, 0.2) is 0 Å². The number of allylic oxidation sites excluding steroid dienone is 4. The first-order valence-electron chi connectivity index (χ1n) is 8.37. The van der Waals surface area contributed by atoms with Crippen molar-refractivity contribution in [2.24, 2.45) is 11.8 Å². The third-order valence-corrected chi connectivity index (χ3v) is 5.73. The highest BCUT2D eigenvalue weighted by Gasteiger charge is 2.42. The molecular weight excluding hydrogens is 272 g/mol. The molecular formula is C19H24N2O. The van der Waals surface area contributed by atoms with E-state index in [-0.39, 0.29) is 0 Å². The summed E-state index contributed by atoms with van der Waals surface area (Å²) in [6, 6.07) is 2.21. The molecule has 3 nitrogen and oxygen atoms in total. The molecule has 22 heavy (non-hydrogen) atoms. The quantitative estimate of drug-likeness (QED) is 0.316. The van der Waals surface area contributed by atoms with Gasteiger partial charge in [-0.1, -0.05) is 24.3 Å². The highest BCUT2D eigenvalue weighted by atomic mass is 16.3. The molecule has 4 atom stereocenters. The van der Waals surface area contributed by atoms with Crippen LogP contribution >= 0.6 is 0 Å². The monoisotopic (exact) mass is 296 g/mol. The highest BCUT2D eigenvalue weighted by molar-refractivity contribution is 5.77. The Balaban J connectivity index is 1.79. The fourth-order valence-corrected chi connectivity index (χ4v) is 4.57. The Labute approximate surface area is 131 Å². The van der Waals surface area contributed by atoms with Crippen LogP contribution in [0.3, 0.4) is 0 Å². The maximum Gasteiger partial charge on any atom is 0.139 e. The fraction of sp³-hybridized carbons (Fsp3) is 0.474. The molecule has 3 aliphatic rings. The minimum Gasteiger partial charge on any atom is -0.506 e. The number of benzene rings is 1. The molecule has 0 aromatic heterocycles. The molecule has 116 valence electrons. The number of hydrogen-bond acceptors (Lipinski definition) is 3. The topological polar surface area (TPSA) is 58.3 Å². The third-order valence-electron chi connectivity index (χ3n) is 5.73. The van der Waals surface area contributed by atoms with Gasteiger partial charge < -0.3 is 16.2 Å². The average molecular weight is 296 g/mol. The smallest absolute Gasteiger partial charge is 0.139 e. The first-order valence-corrected chi connectivity index (χ1v) is 8.37. The van der Waals surface area contributed by atoms with Crippen LogP contribution in [0.1, 0.15) is 42.7 Å². The molecule has 0 fully saturated rings. The summed E-state index contributed by atoms with van der Waals surface area (Å²) in [5, 5.41) is 14.1. The number of phenolic OH excluding ortho intramolecular Hbond substituents is 1. The molecule has 0 radical (unpaired) electrons. The summed E-state index contributed by atoms with van der Waals surface area (Å²) in [5.74, 6) is 1.90. The lowest BCUT2D eigenvalue weighted by Crippen LogP contribution is -2.42. The van der Waals surface area contributed by atoms with Crippen LogP contribution in [-0.4, -0.2) is 11.1 Å². The van der Waals surface area contributed by atoms with Gasteiger partial charge in [-0.15, -0.1) is 0 Å². The number of nitrogen functional groups attached to an aromatic ring is 1. The largest absolute Gasteiger partial charge is 0.506 e. The van der Waals surface area contributed by atoms with Crippen LogP contribution in [-0.2, 0) is 0 Å². The minimum absolute atomic E-state index is 0.344. The molecule has 3 heteroatoms. The third kappa shape index (κ3) is 1.95. The van der Waals surface area contributed by atoms with E-state index in [1.807, 2.05) is 6.92 Å². The number of aryl methyl sites for hydroxylation is 1. The molecule has 1 aromatic carbocycles. The van der Waals surface area contributed by atoms with Crippen molar-refractivity contribution >= 4 is 11.4 Å². The number of phenols is 1. The summed E-state index contributed by atoms with van der Waals surface area (Å²) < 4.78 is 0. The van der Waals surface area contributed by atoms with Gasteiger partial charge in [0.25, 0.3) is 0 Å². The van der Waals surface area contributed by atoms with E-state index in [0.29, 0.717) is 29.5 Å². The zero-order chi connectivity index (χ0) is 15.3. The van der Waals surface area contributed by atoms with Crippen molar-refractivity contribution in [3.05, 3.63) is 41.5 Å². The highest BCUT2D eigenvalue weighted by Crippen LogP contribution is 2.52. The van der Waals surface area contributed by atoms with Crippen molar-refractivity contribution in [2.75, 3.05) is 11.1 Å². The second-order valence-electron chi connectivity index (χ2n) is 6.98. The normalized spacial score (nSPS) is 32.4. The van der Waals surface area contributed by atoms with Gasteiger partial charge in [-0.25, -0.2) is 0 Å². The molecule has 4 rings (SSSR count). The molecule has 0 bridgehead atoms. The maximum absolute atomic E-state index is 10.4. The summed E-state index contributed by atoms with van der Waals surface area (Å²) >= 11 is 0. The predicted octanol–water partition coefficient (Wildman–Crippen LogP) is 4.09. The van der Waals surface area contributed by atoms with Gasteiger partial charge in [0.05, 0.1) is 5.69 Å². The Kier molecular flexibility index (Phi) is 3.17. The van der Waals surface area contributed by atoms with E-state index in [0.717, 1.165) is 35.3 Å². The first-order chi connectivity index (χ1) is 10.7. The van der Waals surface area contributed by atoms with Crippen LogP contribution in [0.15, 0.2) is 30.4 Å². The van der Waals surface area contributed by atoms with Crippen LogP contribution in [0.25, 0.3) is 0 Å². The summed E-state index contributed by atoms with van der Waals surface area (Å²) in [6.45, 7) is 1.97. The lowest BCUT2D eigenvalue weighted by molar-refractivity contribution is 0.292. The Morgan fingerprint density at radius 3 is 2.86 bits per heavy atom. The SMILES string of the molecule is Cc1cc(O)c2c(c1N)C1C=CCC1C(C1CC=CCC1)N2. The van der Waals surface area contributed by atoms with Gasteiger partial charge in [-0.3, -0.25) is 0 Å². The molecule has 0 saturated heterocycles. The van der Waals surface area contributed by atoms with Crippen molar-refractivity contribution in [1.82, 2.24) is 0 Å². The minimum atomic E-state index is 0.344. The van der Waals surface area contributed by atoms with Crippen molar-refractivity contribution in [2.45, 2.75) is 44.6 Å². The van der Waals surface area contributed by atoms with E-state index in [9.17, 15) is 5.11 Å². The van der Waals surface area contributed by atoms with Crippen LogP contribution < -0.4 is 11.1 Å². The number of nitrogens with two attached hydrogens (primary N) is 1. The predicted molar refractivity (Wildman–Crippen MR) is 91.1 cm³/mol. The molecule has 4 unspecified atom stereocenters. The van der Waals surface area contributed by atoms with Gasteiger partial charge in [0, 0.05) is 23.2 Å². The van der Waals surface area contributed by atoms with Crippen molar-refractivity contribution in [3.8, 4) is 5.75 Å². The summed E-state index contributed by atoms with van der Waals surface area (Å²) in [5.41, 5.74) is 10.1. The molecule has 0 saturated carbocycles. The zero-order valence-electron chi connectivity index (χ0n) is 13.0. The lowest BCUT2D eigenvalue weighted by atomic mass is 9.71. The van der Waals surface area contributed by atoms with Gasteiger partial charge in [-0.05, 0) is 56.1 Å². The zero-order valence-corrected chi connectivity index (χ0v) is 13.0. The van der Waals surface area contributed by atoms with Gasteiger partial charge in [-0.2, -0.15) is 0 Å². The lowest BCUT2D eigenvalue weighted by Gasteiger charge is -2.42. The van der Waals surface area contributed by atoms with Crippen molar-refractivity contribution in [3.63, 3.8) is 0 Å². The van der Waals surface area contributed by atoms with E-state index < -0.39 is 0 Å². The number of anilines is 2.